The summed E-state index contributed by atoms with van der Waals surface area (Å²) in [5.41, 5.74) is 0.833. The molecule has 4 rings (SSSR count). The van der Waals surface area contributed by atoms with E-state index in [1.54, 1.807) is 11.6 Å². The molecule has 10 nitrogen and oxygen atoms in total. The maximum atomic E-state index is 13.0. The second kappa shape index (κ2) is 8.79. The fourth-order valence-electron chi connectivity index (χ4n) is 4.02. The van der Waals surface area contributed by atoms with Gasteiger partial charge in [0.25, 0.3) is 5.56 Å². The maximum absolute atomic E-state index is 13.0. The third-order valence-electron chi connectivity index (χ3n) is 5.94. The highest BCUT2D eigenvalue weighted by Gasteiger charge is 2.26. The Hall–Kier alpha value is -3.11. The first-order valence-corrected chi connectivity index (χ1v) is 10.7. The molecular formula is C22H30N6O4. The molecule has 1 saturated heterocycles. The Bertz CT molecular complexity index is 1240. The van der Waals surface area contributed by atoms with Gasteiger partial charge in [-0.3, -0.25) is 13.9 Å². The van der Waals surface area contributed by atoms with E-state index in [-0.39, 0.29) is 13.2 Å². The van der Waals surface area contributed by atoms with Gasteiger partial charge in [-0.05, 0) is 31.7 Å². The van der Waals surface area contributed by atoms with Gasteiger partial charge >= 0.3 is 5.69 Å². The van der Waals surface area contributed by atoms with E-state index in [2.05, 4.69) is 21.8 Å². The highest BCUT2D eigenvalue weighted by Crippen LogP contribution is 2.22. The average molecular weight is 443 g/mol. The van der Waals surface area contributed by atoms with Crippen molar-refractivity contribution in [3.05, 3.63) is 50.7 Å². The molecule has 3 aromatic rings. The quantitative estimate of drug-likeness (QED) is 0.571. The van der Waals surface area contributed by atoms with Gasteiger partial charge in [-0.2, -0.15) is 4.98 Å². The summed E-state index contributed by atoms with van der Waals surface area (Å²) in [4.78, 5) is 34.5. The number of ether oxygens (including phenoxy) is 1. The van der Waals surface area contributed by atoms with Crippen molar-refractivity contribution in [2.24, 2.45) is 14.1 Å². The van der Waals surface area contributed by atoms with Crippen molar-refractivity contribution < 1.29 is 9.84 Å². The minimum atomic E-state index is -0.874. The van der Waals surface area contributed by atoms with Gasteiger partial charge in [0.1, 0.15) is 18.5 Å². The minimum absolute atomic E-state index is 0.0668. The molecule has 0 radical (unpaired) electrons. The highest BCUT2D eigenvalue weighted by molar-refractivity contribution is 5.74. The topological polar surface area (TPSA) is 97.8 Å². The predicted octanol–water partition coefficient (Wildman–Crippen LogP) is -0.0662. The van der Waals surface area contributed by atoms with E-state index in [1.807, 2.05) is 31.2 Å². The maximum Gasteiger partial charge on any atom is 0.332 e. The van der Waals surface area contributed by atoms with Crippen molar-refractivity contribution >= 4 is 17.1 Å². The molecule has 0 spiro atoms. The van der Waals surface area contributed by atoms with Crippen LogP contribution in [-0.4, -0.2) is 74.6 Å². The molecule has 1 unspecified atom stereocenters. The molecule has 0 saturated carbocycles. The summed E-state index contributed by atoms with van der Waals surface area (Å²) in [6.45, 7) is 5.37. The van der Waals surface area contributed by atoms with Gasteiger partial charge in [-0.15, -0.1) is 0 Å². The molecule has 2 aromatic heterocycles. The van der Waals surface area contributed by atoms with Crippen LogP contribution in [0, 0.1) is 6.92 Å². The van der Waals surface area contributed by atoms with Gasteiger partial charge in [0, 0.05) is 40.3 Å². The van der Waals surface area contributed by atoms with Gasteiger partial charge in [0.05, 0.1) is 6.54 Å². The SMILES string of the molecule is Cc1cccc(OCC(O)Cn2c(N3CCN(C)CC3)nc3c2c(=O)n(C)c(=O)n3C)c1. The van der Waals surface area contributed by atoms with Crippen molar-refractivity contribution in [1.29, 1.82) is 0 Å². The van der Waals surface area contributed by atoms with Crippen molar-refractivity contribution in [2.75, 3.05) is 44.7 Å². The number of piperazine rings is 1. The lowest BCUT2D eigenvalue weighted by molar-refractivity contribution is 0.0935. The molecule has 10 heteroatoms. The van der Waals surface area contributed by atoms with Crippen LogP contribution in [0.5, 0.6) is 5.75 Å². The average Bonchev–Trinajstić information content (AvgIpc) is 3.14. The molecule has 1 aliphatic heterocycles. The molecule has 1 fully saturated rings. The number of aliphatic hydroxyl groups is 1. The summed E-state index contributed by atoms with van der Waals surface area (Å²) in [6, 6.07) is 7.62. The normalized spacial score (nSPS) is 16.0. The minimum Gasteiger partial charge on any atom is -0.491 e. The van der Waals surface area contributed by atoms with E-state index in [0.29, 0.717) is 22.9 Å². The molecule has 172 valence electrons. The first-order valence-electron chi connectivity index (χ1n) is 10.7. The Kier molecular flexibility index (Phi) is 6.07. The standard InChI is InChI=1S/C22H30N6O4/c1-15-6-5-7-17(12-15)32-14-16(29)13-28-18-19(25(3)22(31)26(4)20(18)30)23-21(28)27-10-8-24(2)9-11-27/h5-7,12,16,29H,8-11,13-14H2,1-4H3. The molecule has 32 heavy (non-hydrogen) atoms. The Morgan fingerprint density at radius 1 is 1.09 bits per heavy atom. The smallest absolute Gasteiger partial charge is 0.332 e. The number of aromatic nitrogens is 4. The molecule has 1 aliphatic rings. The van der Waals surface area contributed by atoms with Crippen molar-refractivity contribution in [1.82, 2.24) is 23.6 Å². The molecule has 1 atom stereocenters. The third kappa shape index (κ3) is 4.15. The number of fused-ring (bicyclic) bond motifs is 1. The number of nitrogens with zero attached hydrogens (tertiary/aromatic N) is 6. The Morgan fingerprint density at radius 2 is 1.81 bits per heavy atom. The second-order valence-electron chi connectivity index (χ2n) is 8.47. The van der Waals surface area contributed by atoms with E-state index in [0.717, 1.165) is 36.3 Å². The number of rotatable bonds is 6. The zero-order valence-electron chi connectivity index (χ0n) is 19.0. The summed E-state index contributed by atoms with van der Waals surface area (Å²) < 4.78 is 9.94. The molecule has 3 heterocycles. The fraction of sp³-hybridized carbons (Fsp3) is 0.500. The number of aryl methyl sites for hydroxylation is 2. The molecule has 0 amide bonds. The van der Waals surface area contributed by atoms with Crippen molar-refractivity contribution in [3.8, 4) is 5.75 Å². The van der Waals surface area contributed by atoms with Gasteiger partial charge in [0.15, 0.2) is 11.2 Å². The van der Waals surface area contributed by atoms with Crippen molar-refractivity contribution in [3.63, 3.8) is 0 Å². The van der Waals surface area contributed by atoms with Crippen LogP contribution in [0.4, 0.5) is 5.95 Å². The van der Waals surface area contributed by atoms with E-state index in [1.165, 1.54) is 11.6 Å². The summed E-state index contributed by atoms with van der Waals surface area (Å²) in [5.74, 6) is 1.26. The van der Waals surface area contributed by atoms with Crippen LogP contribution in [0.3, 0.4) is 0 Å². The van der Waals surface area contributed by atoms with Crippen molar-refractivity contribution in [2.45, 2.75) is 19.6 Å². The Balaban J connectivity index is 1.70. The summed E-state index contributed by atoms with van der Waals surface area (Å²) in [5, 5.41) is 10.8. The molecule has 0 aliphatic carbocycles. The number of hydrogen-bond acceptors (Lipinski definition) is 7. The zero-order chi connectivity index (χ0) is 23.0. The summed E-state index contributed by atoms with van der Waals surface area (Å²) >= 11 is 0. The lowest BCUT2D eigenvalue weighted by Crippen LogP contribution is -2.45. The molecular weight excluding hydrogens is 412 g/mol. The number of imidazole rings is 1. The monoisotopic (exact) mass is 442 g/mol. The Morgan fingerprint density at radius 3 is 2.50 bits per heavy atom. The zero-order valence-corrected chi connectivity index (χ0v) is 19.0. The summed E-state index contributed by atoms with van der Waals surface area (Å²) in [6.07, 6.45) is -0.874. The third-order valence-corrected chi connectivity index (χ3v) is 5.94. The van der Waals surface area contributed by atoms with Crippen LogP contribution in [0.2, 0.25) is 0 Å². The molecule has 1 aromatic carbocycles. The van der Waals surface area contributed by atoms with E-state index in [9.17, 15) is 14.7 Å². The highest BCUT2D eigenvalue weighted by atomic mass is 16.5. The molecule has 1 N–H and O–H groups in total. The lowest BCUT2D eigenvalue weighted by atomic mass is 10.2. The van der Waals surface area contributed by atoms with Gasteiger partial charge in [0.2, 0.25) is 5.95 Å². The number of anilines is 1. The van der Waals surface area contributed by atoms with Crippen LogP contribution in [-0.2, 0) is 20.6 Å². The largest absolute Gasteiger partial charge is 0.491 e. The number of likely N-dealkylation sites (N-methyl/N-ethyl adjacent to an activating group) is 1. The van der Waals surface area contributed by atoms with E-state index >= 15 is 0 Å². The van der Waals surface area contributed by atoms with Crippen LogP contribution in [0.15, 0.2) is 33.9 Å². The van der Waals surface area contributed by atoms with Crippen LogP contribution in [0.25, 0.3) is 11.2 Å². The first-order chi connectivity index (χ1) is 15.3. The van der Waals surface area contributed by atoms with E-state index in [4.69, 9.17) is 4.74 Å². The van der Waals surface area contributed by atoms with Gasteiger partial charge in [-0.25, -0.2) is 4.79 Å². The lowest BCUT2D eigenvalue weighted by Gasteiger charge is -2.33. The number of hydrogen-bond donors (Lipinski definition) is 1. The van der Waals surface area contributed by atoms with Crippen LogP contribution < -0.4 is 20.9 Å². The molecule has 0 bridgehead atoms. The summed E-state index contributed by atoms with van der Waals surface area (Å²) in [7, 11) is 5.12. The van der Waals surface area contributed by atoms with E-state index < -0.39 is 17.4 Å². The fourth-order valence-corrected chi connectivity index (χ4v) is 4.02. The predicted molar refractivity (Wildman–Crippen MR) is 123 cm³/mol. The Labute approximate surface area is 185 Å². The van der Waals surface area contributed by atoms with Gasteiger partial charge in [-0.1, -0.05) is 12.1 Å². The first kappa shape index (κ1) is 22.1. The second-order valence-corrected chi connectivity index (χ2v) is 8.47. The van der Waals surface area contributed by atoms with Crippen LogP contribution >= 0.6 is 0 Å². The number of aliphatic hydroxyl groups excluding tert-OH is 1. The van der Waals surface area contributed by atoms with Crippen LogP contribution in [0.1, 0.15) is 5.56 Å². The number of benzene rings is 1. The van der Waals surface area contributed by atoms with Gasteiger partial charge < -0.3 is 24.2 Å².